The number of hydrogen-bond donors (Lipinski definition) is 0. The Morgan fingerprint density at radius 1 is 0.882 bits per heavy atom. The summed E-state index contributed by atoms with van der Waals surface area (Å²) in [6.45, 7) is 0.739. The summed E-state index contributed by atoms with van der Waals surface area (Å²) in [4.78, 5) is 13.0. The molecule has 1 aliphatic heterocycles. The molecule has 0 aliphatic carbocycles. The standard InChI is InChI=1S/C29H17ClFNO2/c30-26-15-21(8-5-18-6-9-24(31)10-7-18)29-28-25(26)11-12-27(33)32(28)16-22-13-19-3-1-2-4-20(19)14-23(22)17-34-29/h1-4,6-7,9-15H,16-17H2. The third-order valence-corrected chi connectivity index (χ3v) is 6.44. The quantitative estimate of drug-likeness (QED) is 0.252. The van der Waals surface area contributed by atoms with Crippen molar-refractivity contribution < 1.29 is 9.13 Å². The van der Waals surface area contributed by atoms with E-state index < -0.39 is 0 Å². The highest BCUT2D eigenvalue weighted by molar-refractivity contribution is 6.35. The van der Waals surface area contributed by atoms with E-state index in [9.17, 15) is 9.18 Å². The number of halogens is 2. The van der Waals surface area contributed by atoms with Gasteiger partial charge in [-0.2, -0.15) is 0 Å². The molecule has 0 fully saturated rings. The van der Waals surface area contributed by atoms with Crippen LogP contribution < -0.4 is 10.3 Å². The maximum absolute atomic E-state index is 13.3. The third-order valence-electron chi connectivity index (χ3n) is 6.13. The van der Waals surface area contributed by atoms with Crippen LogP contribution in [0.3, 0.4) is 0 Å². The zero-order chi connectivity index (χ0) is 23.2. The van der Waals surface area contributed by atoms with Gasteiger partial charge in [-0.3, -0.25) is 4.79 Å². The first-order valence-corrected chi connectivity index (χ1v) is 11.2. The van der Waals surface area contributed by atoms with Crippen LogP contribution in [-0.4, -0.2) is 4.57 Å². The SMILES string of the molecule is O=c1ccc2c(Cl)cc(C#Cc3ccc(F)cc3)c3c2n1Cc1cc2ccccc2cc1CO3. The fourth-order valence-corrected chi connectivity index (χ4v) is 4.68. The number of ether oxygens (including phenoxy) is 1. The van der Waals surface area contributed by atoms with Crippen LogP contribution in [0.2, 0.25) is 5.02 Å². The van der Waals surface area contributed by atoms with Gasteiger partial charge in [0.05, 0.1) is 22.6 Å². The lowest BCUT2D eigenvalue weighted by Gasteiger charge is -2.22. The molecule has 0 bridgehead atoms. The lowest BCUT2D eigenvalue weighted by Crippen LogP contribution is -2.23. The summed E-state index contributed by atoms with van der Waals surface area (Å²) in [7, 11) is 0. The van der Waals surface area contributed by atoms with Crippen molar-refractivity contribution in [1.29, 1.82) is 0 Å². The Balaban J connectivity index is 1.58. The molecular formula is C29H17ClFNO2. The van der Waals surface area contributed by atoms with Crippen LogP contribution in [0.4, 0.5) is 4.39 Å². The first-order valence-electron chi connectivity index (χ1n) is 10.8. The minimum atomic E-state index is -0.319. The zero-order valence-electron chi connectivity index (χ0n) is 17.9. The Morgan fingerprint density at radius 2 is 1.62 bits per heavy atom. The zero-order valence-corrected chi connectivity index (χ0v) is 18.7. The van der Waals surface area contributed by atoms with Gasteiger partial charge in [-0.25, -0.2) is 4.39 Å². The predicted octanol–water partition coefficient (Wildman–Crippen LogP) is 6.29. The Morgan fingerprint density at radius 3 is 2.38 bits per heavy atom. The highest BCUT2D eigenvalue weighted by Gasteiger charge is 2.20. The molecule has 2 heterocycles. The normalized spacial score (nSPS) is 12.3. The Kier molecular flexibility index (Phi) is 4.86. The van der Waals surface area contributed by atoms with Crippen molar-refractivity contribution in [3.63, 3.8) is 0 Å². The molecule has 0 atom stereocenters. The molecule has 3 nitrogen and oxygen atoms in total. The van der Waals surface area contributed by atoms with Gasteiger partial charge in [0.15, 0.2) is 5.75 Å². The van der Waals surface area contributed by atoms with Crippen molar-refractivity contribution in [2.75, 3.05) is 0 Å². The molecule has 0 unspecified atom stereocenters. The molecule has 0 saturated heterocycles. The van der Waals surface area contributed by atoms with Crippen LogP contribution in [0.1, 0.15) is 22.3 Å². The van der Waals surface area contributed by atoms with E-state index in [2.05, 4.69) is 36.1 Å². The molecule has 0 spiro atoms. The Labute approximate surface area is 200 Å². The van der Waals surface area contributed by atoms with Gasteiger partial charge in [-0.1, -0.05) is 47.7 Å². The first kappa shape index (κ1) is 20.5. The predicted molar refractivity (Wildman–Crippen MR) is 133 cm³/mol. The maximum atomic E-state index is 13.3. The molecule has 6 rings (SSSR count). The molecule has 5 heteroatoms. The van der Waals surface area contributed by atoms with Crippen LogP contribution in [0.15, 0.2) is 83.7 Å². The van der Waals surface area contributed by atoms with Crippen molar-refractivity contribution in [1.82, 2.24) is 4.57 Å². The van der Waals surface area contributed by atoms with Gasteiger partial charge in [0.25, 0.3) is 5.56 Å². The fourth-order valence-electron chi connectivity index (χ4n) is 4.42. The number of benzene rings is 4. The Hall–Kier alpha value is -4.07. The van der Waals surface area contributed by atoms with E-state index in [1.165, 1.54) is 18.2 Å². The smallest absolute Gasteiger partial charge is 0.251 e. The van der Waals surface area contributed by atoms with E-state index in [-0.39, 0.29) is 11.4 Å². The monoisotopic (exact) mass is 465 g/mol. The minimum absolute atomic E-state index is 0.141. The molecule has 1 aliphatic rings. The topological polar surface area (TPSA) is 31.2 Å². The van der Waals surface area contributed by atoms with E-state index in [0.717, 1.165) is 27.3 Å². The lowest BCUT2D eigenvalue weighted by molar-refractivity contribution is 0.304. The van der Waals surface area contributed by atoms with Crippen molar-refractivity contribution in [3.8, 4) is 17.6 Å². The summed E-state index contributed by atoms with van der Waals surface area (Å²) < 4.78 is 21.3. The number of pyridine rings is 1. The van der Waals surface area contributed by atoms with Crippen molar-refractivity contribution in [3.05, 3.63) is 122 Å². The van der Waals surface area contributed by atoms with Gasteiger partial charge in [-0.05, 0) is 70.4 Å². The van der Waals surface area contributed by atoms with Gasteiger partial charge >= 0.3 is 0 Å². The van der Waals surface area contributed by atoms with Crippen LogP contribution in [-0.2, 0) is 13.2 Å². The number of nitrogens with zero attached hydrogens (tertiary/aromatic N) is 1. The summed E-state index contributed by atoms with van der Waals surface area (Å²) in [5.41, 5.74) is 3.77. The van der Waals surface area contributed by atoms with E-state index in [1.807, 2.05) is 12.1 Å². The van der Waals surface area contributed by atoms with Gasteiger partial charge in [0.2, 0.25) is 0 Å². The summed E-state index contributed by atoms with van der Waals surface area (Å²) in [6.07, 6.45) is 0. The summed E-state index contributed by atoms with van der Waals surface area (Å²) >= 11 is 6.63. The largest absolute Gasteiger partial charge is 0.485 e. The fraction of sp³-hybridized carbons (Fsp3) is 0.0690. The third kappa shape index (κ3) is 3.51. The van der Waals surface area contributed by atoms with Crippen LogP contribution in [0.5, 0.6) is 5.75 Å². The van der Waals surface area contributed by atoms with Crippen molar-refractivity contribution in [2.24, 2.45) is 0 Å². The van der Waals surface area contributed by atoms with Gasteiger partial charge in [-0.15, -0.1) is 0 Å². The number of rotatable bonds is 0. The second-order valence-electron chi connectivity index (χ2n) is 8.27. The molecule has 34 heavy (non-hydrogen) atoms. The Bertz CT molecular complexity index is 1730. The average Bonchev–Trinajstić information content (AvgIpc) is 2.83. The molecule has 0 amide bonds. The lowest BCUT2D eigenvalue weighted by atomic mass is 10.00. The summed E-state index contributed by atoms with van der Waals surface area (Å²) in [6, 6.07) is 23.3. The number of hydrogen-bond acceptors (Lipinski definition) is 2. The molecule has 164 valence electrons. The van der Waals surface area contributed by atoms with Gasteiger partial charge in [0.1, 0.15) is 12.4 Å². The average molecular weight is 466 g/mol. The van der Waals surface area contributed by atoms with E-state index >= 15 is 0 Å². The van der Waals surface area contributed by atoms with E-state index in [0.29, 0.717) is 40.6 Å². The summed E-state index contributed by atoms with van der Waals surface area (Å²) in [5, 5.41) is 3.44. The first-order chi connectivity index (χ1) is 16.6. The van der Waals surface area contributed by atoms with Crippen molar-refractivity contribution in [2.45, 2.75) is 13.2 Å². The van der Waals surface area contributed by atoms with Crippen LogP contribution in [0, 0.1) is 17.7 Å². The molecule has 0 saturated carbocycles. The van der Waals surface area contributed by atoms with Crippen LogP contribution in [0.25, 0.3) is 21.7 Å². The molecule has 0 N–H and O–H groups in total. The second-order valence-corrected chi connectivity index (χ2v) is 8.68. The van der Waals surface area contributed by atoms with Crippen molar-refractivity contribution >= 4 is 33.3 Å². The summed E-state index contributed by atoms with van der Waals surface area (Å²) in [5.74, 6) is 6.37. The highest BCUT2D eigenvalue weighted by atomic mass is 35.5. The van der Waals surface area contributed by atoms with Gasteiger partial charge < -0.3 is 9.30 Å². The number of aromatic nitrogens is 1. The highest BCUT2D eigenvalue weighted by Crippen LogP contribution is 2.37. The molecule has 5 aromatic rings. The number of fused-ring (bicyclic) bond motifs is 2. The van der Waals surface area contributed by atoms with Crippen LogP contribution >= 0.6 is 11.6 Å². The van der Waals surface area contributed by atoms with E-state index in [1.54, 1.807) is 28.8 Å². The molecule has 4 aromatic carbocycles. The molecule has 0 radical (unpaired) electrons. The van der Waals surface area contributed by atoms with E-state index in [4.69, 9.17) is 16.3 Å². The van der Waals surface area contributed by atoms with Gasteiger partial charge in [0, 0.05) is 17.0 Å². The molecular weight excluding hydrogens is 449 g/mol. The maximum Gasteiger partial charge on any atom is 0.251 e. The second kappa shape index (κ2) is 8.06. The molecule has 1 aromatic heterocycles. The minimum Gasteiger partial charge on any atom is -0.485 e.